The van der Waals surface area contributed by atoms with Gasteiger partial charge in [0, 0.05) is 38.0 Å². The maximum atomic E-state index is 14.2. The van der Waals surface area contributed by atoms with Crippen LogP contribution in [0.4, 0.5) is 10.2 Å². The van der Waals surface area contributed by atoms with Crippen molar-refractivity contribution in [2.24, 2.45) is 0 Å². The van der Waals surface area contributed by atoms with Crippen molar-refractivity contribution in [2.45, 2.75) is 82.6 Å². The zero-order valence-electron chi connectivity index (χ0n) is 21.6. The van der Waals surface area contributed by atoms with Crippen molar-refractivity contribution in [1.82, 2.24) is 9.88 Å². The standard InChI is InChI=1S/C29H38FN3O4/c1-19-7-8-20-9-11-22(32-28(20)31-19)5-2-3-15-36-23-13-14-33(18-23)27(29(34)35)25-17-21(30)10-12-24(25)26-6-4-16-37-26/h9-12,17,19,23,26-27H,2-8,13-16,18H2,1H3,(H,31,32)(H,34,35). The molecule has 2 aromatic rings. The van der Waals surface area contributed by atoms with Gasteiger partial charge in [0.25, 0.3) is 0 Å². The number of aryl methyl sites for hydroxylation is 2. The van der Waals surface area contributed by atoms with Crippen LogP contribution in [-0.2, 0) is 27.1 Å². The number of fused-ring (bicyclic) bond motifs is 1. The minimum Gasteiger partial charge on any atom is -0.480 e. The molecule has 0 spiro atoms. The summed E-state index contributed by atoms with van der Waals surface area (Å²) in [6, 6.07) is 8.35. The van der Waals surface area contributed by atoms with Gasteiger partial charge < -0.3 is 19.9 Å². The normalized spacial score (nSPS) is 24.5. The minimum atomic E-state index is -0.966. The van der Waals surface area contributed by atoms with Crippen molar-refractivity contribution >= 4 is 11.8 Å². The smallest absolute Gasteiger partial charge is 0.325 e. The molecule has 4 atom stereocenters. The topological polar surface area (TPSA) is 83.9 Å². The lowest BCUT2D eigenvalue weighted by atomic mass is 9.94. The number of anilines is 1. The number of halogens is 1. The van der Waals surface area contributed by atoms with E-state index < -0.39 is 17.8 Å². The first-order valence-corrected chi connectivity index (χ1v) is 13.7. The first kappa shape index (κ1) is 26.1. The molecule has 0 aliphatic carbocycles. The summed E-state index contributed by atoms with van der Waals surface area (Å²) >= 11 is 0. The van der Waals surface area contributed by atoms with E-state index in [1.165, 1.54) is 17.7 Å². The molecule has 4 heterocycles. The Hall–Kier alpha value is -2.55. The van der Waals surface area contributed by atoms with Crippen molar-refractivity contribution in [3.63, 3.8) is 0 Å². The number of hydrogen-bond donors (Lipinski definition) is 2. The van der Waals surface area contributed by atoms with Crippen LogP contribution in [0.25, 0.3) is 0 Å². The zero-order valence-corrected chi connectivity index (χ0v) is 21.6. The van der Waals surface area contributed by atoms with E-state index in [2.05, 4.69) is 24.4 Å². The summed E-state index contributed by atoms with van der Waals surface area (Å²) in [6.45, 7) is 4.61. The lowest BCUT2D eigenvalue weighted by Gasteiger charge is -2.28. The molecule has 4 unspecified atom stereocenters. The number of aromatic nitrogens is 1. The molecule has 37 heavy (non-hydrogen) atoms. The van der Waals surface area contributed by atoms with Gasteiger partial charge in [0.15, 0.2) is 0 Å². The van der Waals surface area contributed by atoms with E-state index in [0.717, 1.165) is 68.4 Å². The third-order valence-electron chi connectivity index (χ3n) is 7.84. The fraction of sp³-hybridized carbons (Fsp3) is 0.586. The minimum absolute atomic E-state index is 0.0193. The summed E-state index contributed by atoms with van der Waals surface area (Å²) in [7, 11) is 0. The average Bonchev–Trinajstić information content (AvgIpc) is 3.57. The van der Waals surface area contributed by atoms with E-state index in [-0.39, 0.29) is 12.2 Å². The lowest BCUT2D eigenvalue weighted by molar-refractivity contribution is -0.143. The number of hydrogen-bond acceptors (Lipinski definition) is 6. The number of carboxylic acid groups (broad SMARTS) is 1. The van der Waals surface area contributed by atoms with Crippen LogP contribution in [0.1, 0.15) is 80.0 Å². The molecule has 8 heteroatoms. The van der Waals surface area contributed by atoms with Crippen LogP contribution >= 0.6 is 0 Å². The van der Waals surface area contributed by atoms with Crippen LogP contribution in [-0.4, -0.2) is 59.4 Å². The van der Waals surface area contributed by atoms with Crippen LogP contribution in [0.3, 0.4) is 0 Å². The van der Waals surface area contributed by atoms with Crippen molar-refractivity contribution in [3.8, 4) is 0 Å². The largest absolute Gasteiger partial charge is 0.480 e. The summed E-state index contributed by atoms with van der Waals surface area (Å²) in [5.74, 6) is -0.354. The van der Waals surface area contributed by atoms with Crippen molar-refractivity contribution in [3.05, 3.63) is 58.5 Å². The molecule has 5 rings (SSSR count). The summed E-state index contributed by atoms with van der Waals surface area (Å²) in [5, 5.41) is 13.6. The Morgan fingerprint density at radius 2 is 2.16 bits per heavy atom. The number of pyridine rings is 1. The Morgan fingerprint density at radius 3 is 2.97 bits per heavy atom. The predicted molar refractivity (Wildman–Crippen MR) is 139 cm³/mol. The third kappa shape index (κ3) is 6.30. The Labute approximate surface area is 218 Å². The molecule has 0 amide bonds. The first-order valence-electron chi connectivity index (χ1n) is 13.7. The third-order valence-corrected chi connectivity index (χ3v) is 7.84. The van der Waals surface area contributed by atoms with Crippen molar-refractivity contribution in [2.75, 3.05) is 31.6 Å². The molecule has 0 bridgehead atoms. The second kappa shape index (κ2) is 11.9. The van der Waals surface area contributed by atoms with E-state index in [1.54, 1.807) is 6.07 Å². The Morgan fingerprint density at radius 1 is 1.27 bits per heavy atom. The summed E-state index contributed by atoms with van der Waals surface area (Å²) in [4.78, 5) is 19.1. The molecule has 1 aromatic carbocycles. The molecular weight excluding hydrogens is 473 g/mol. The van der Waals surface area contributed by atoms with Crippen LogP contribution in [0.15, 0.2) is 30.3 Å². The summed E-state index contributed by atoms with van der Waals surface area (Å²) in [6.07, 6.45) is 7.39. The van der Waals surface area contributed by atoms with Gasteiger partial charge in [-0.3, -0.25) is 9.69 Å². The van der Waals surface area contributed by atoms with Gasteiger partial charge in [0.05, 0.1) is 12.2 Å². The van der Waals surface area contributed by atoms with E-state index in [9.17, 15) is 14.3 Å². The van der Waals surface area contributed by atoms with Crippen LogP contribution < -0.4 is 5.32 Å². The molecule has 200 valence electrons. The highest BCUT2D eigenvalue weighted by molar-refractivity contribution is 5.76. The van der Waals surface area contributed by atoms with Gasteiger partial charge in [-0.1, -0.05) is 12.1 Å². The summed E-state index contributed by atoms with van der Waals surface area (Å²) < 4.78 is 26.1. The van der Waals surface area contributed by atoms with Crippen LogP contribution in [0.2, 0.25) is 0 Å². The fourth-order valence-corrected chi connectivity index (χ4v) is 5.84. The molecule has 7 nitrogen and oxygen atoms in total. The SMILES string of the molecule is CC1CCc2ccc(CCCCOC3CCN(C(C(=O)O)c4cc(F)ccc4C4CCCO4)C3)nc2N1. The van der Waals surface area contributed by atoms with Gasteiger partial charge >= 0.3 is 5.97 Å². The second-order valence-corrected chi connectivity index (χ2v) is 10.6. The number of carboxylic acids is 1. The van der Waals surface area contributed by atoms with E-state index in [1.807, 2.05) is 4.90 Å². The lowest BCUT2D eigenvalue weighted by Crippen LogP contribution is -2.34. The number of aliphatic carboxylic acids is 1. The number of carbonyl (C=O) groups is 1. The average molecular weight is 512 g/mol. The Bertz CT molecular complexity index is 1090. The highest BCUT2D eigenvalue weighted by Crippen LogP contribution is 2.37. The van der Waals surface area contributed by atoms with E-state index in [4.69, 9.17) is 14.5 Å². The van der Waals surface area contributed by atoms with Crippen molar-refractivity contribution in [1.29, 1.82) is 0 Å². The van der Waals surface area contributed by atoms with Gasteiger partial charge in [-0.2, -0.15) is 0 Å². The van der Waals surface area contributed by atoms with E-state index in [0.29, 0.717) is 37.9 Å². The number of nitrogens with zero attached hydrogens (tertiary/aromatic N) is 2. The van der Waals surface area contributed by atoms with Gasteiger partial charge in [0.1, 0.15) is 17.7 Å². The number of nitrogens with one attached hydrogen (secondary N) is 1. The Kier molecular flexibility index (Phi) is 8.37. The number of rotatable bonds is 10. The molecule has 3 aliphatic rings. The van der Waals surface area contributed by atoms with Gasteiger partial charge in [-0.25, -0.2) is 9.37 Å². The second-order valence-electron chi connectivity index (χ2n) is 10.6. The van der Waals surface area contributed by atoms with Crippen LogP contribution in [0.5, 0.6) is 0 Å². The fourth-order valence-electron chi connectivity index (χ4n) is 5.84. The maximum Gasteiger partial charge on any atom is 0.325 e. The van der Waals surface area contributed by atoms with Crippen molar-refractivity contribution < 1.29 is 23.8 Å². The van der Waals surface area contributed by atoms with Gasteiger partial charge in [-0.15, -0.1) is 0 Å². The molecule has 2 N–H and O–H groups in total. The maximum absolute atomic E-state index is 14.2. The predicted octanol–water partition coefficient (Wildman–Crippen LogP) is 5.06. The highest BCUT2D eigenvalue weighted by atomic mass is 19.1. The first-order chi connectivity index (χ1) is 18.0. The van der Waals surface area contributed by atoms with Gasteiger partial charge in [0.2, 0.25) is 0 Å². The molecule has 0 saturated carbocycles. The molecule has 2 saturated heterocycles. The number of benzene rings is 1. The van der Waals surface area contributed by atoms with Gasteiger partial charge in [-0.05, 0) is 93.2 Å². The monoisotopic (exact) mass is 511 g/mol. The highest BCUT2D eigenvalue weighted by Gasteiger charge is 2.37. The molecule has 0 radical (unpaired) electrons. The number of unbranched alkanes of at least 4 members (excludes halogenated alkanes) is 1. The number of likely N-dealkylation sites (tertiary alicyclic amines) is 1. The quantitative estimate of drug-likeness (QED) is 0.432. The molecular formula is C29H38FN3O4. The molecule has 3 aliphatic heterocycles. The number of ether oxygens (including phenoxy) is 2. The molecule has 1 aromatic heterocycles. The molecule has 2 fully saturated rings. The zero-order chi connectivity index (χ0) is 25.8. The Balaban J connectivity index is 1.12. The van der Waals surface area contributed by atoms with Crippen LogP contribution in [0, 0.1) is 5.82 Å². The summed E-state index contributed by atoms with van der Waals surface area (Å²) in [5.41, 5.74) is 3.70. The van der Waals surface area contributed by atoms with E-state index >= 15 is 0 Å².